The molecule has 124 valence electrons. The molecule has 0 bridgehead atoms. The normalized spacial score (nSPS) is 11.7. The van der Waals surface area contributed by atoms with Gasteiger partial charge in [-0.1, -0.05) is 6.07 Å². The Balaban J connectivity index is 1.78. The molecule has 0 aliphatic carbocycles. The maximum absolute atomic E-state index is 12.2. The van der Waals surface area contributed by atoms with Gasteiger partial charge in [-0.05, 0) is 42.0 Å². The highest BCUT2D eigenvalue weighted by atomic mass is 32.2. The van der Waals surface area contributed by atoms with Crippen molar-refractivity contribution in [3.05, 3.63) is 64.1 Å². The van der Waals surface area contributed by atoms with E-state index >= 15 is 0 Å². The van der Waals surface area contributed by atoms with Crippen LogP contribution in [0.15, 0.2) is 56.6 Å². The van der Waals surface area contributed by atoms with E-state index in [0.29, 0.717) is 16.7 Å². The van der Waals surface area contributed by atoms with Crippen molar-refractivity contribution < 1.29 is 22.7 Å². The van der Waals surface area contributed by atoms with Gasteiger partial charge < -0.3 is 9.52 Å². The molecule has 0 aliphatic rings. The first kappa shape index (κ1) is 16.0. The van der Waals surface area contributed by atoms with E-state index in [9.17, 15) is 18.0 Å². The average molecular weight is 348 g/mol. The maximum Gasteiger partial charge on any atom is 0.417 e. The lowest BCUT2D eigenvalue weighted by Crippen LogP contribution is -2.23. The number of aromatic carboxylic acids is 1. The summed E-state index contributed by atoms with van der Waals surface area (Å²) >= 11 is 0. The Morgan fingerprint density at radius 1 is 1.17 bits per heavy atom. The lowest BCUT2D eigenvalue weighted by atomic mass is 10.2. The molecule has 1 heterocycles. The Morgan fingerprint density at radius 3 is 2.54 bits per heavy atom. The van der Waals surface area contributed by atoms with Crippen molar-refractivity contribution in [1.82, 2.24) is 9.71 Å². The van der Waals surface area contributed by atoms with E-state index in [1.54, 1.807) is 18.2 Å². The monoisotopic (exact) mass is 348 g/mol. The van der Waals surface area contributed by atoms with Crippen molar-refractivity contribution in [2.75, 3.05) is 0 Å². The Labute approximate surface area is 135 Å². The van der Waals surface area contributed by atoms with Crippen LogP contribution in [-0.4, -0.2) is 24.5 Å². The molecule has 0 amide bonds. The standard InChI is InChI=1S/C15H12N2O6S/c18-14(19)10-2-4-11(5-3-10)24(21,22)16-8-9-1-6-13-12(7-9)17-15(20)23-13/h1-7,16H,8H2,(H,17,20)(H,18,19). The molecule has 1 aromatic heterocycles. The zero-order chi connectivity index (χ0) is 17.3. The summed E-state index contributed by atoms with van der Waals surface area (Å²) in [5.41, 5.74) is 1.49. The molecular formula is C15H12N2O6S. The topological polar surface area (TPSA) is 129 Å². The van der Waals surface area contributed by atoms with Crippen LogP contribution >= 0.6 is 0 Å². The van der Waals surface area contributed by atoms with Crippen LogP contribution in [0.4, 0.5) is 0 Å². The van der Waals surface area contributed by atoms with E-state index < -0.39 is 21.7 Å². The summed E-state index contributed by atoms with van der Waals surface area (Å²) < 4.78 is 31.7. The minimum Gasteiger partial charge on any atom is -0.478 e. The Bertz CT molecular complexity index is 1060. The number of carboxylic acids is 1. The molecule has 24 heavy (non-hydrogen) atoms. The molecule has 2 aromatic carbocycles. The van der Waals surface area contributed by atoms with Gasteiger partial charge in [-0.2, -0.15) is 0 Å². The van der Waals surface area contributed by atoms with Crippen molar-refractivity contribution in [3.63, 3.8) is 0 Å². The largest absolute Gasteiger partial charge is 0.478 e. The highest BCUT2D eigenvalue weighted by molar-refractivity contribution is 7.89. The summed E-state index contributed by atoms with van der Waals surface area (Å²) in [4.78, 5) is 24.3. The minimum atomic E-state index is -3.79. The van der Waals surface area contributed by atoms with E-state index in [0.717, 1.165) is 0 Å². The second-order valence-electron chi connectivity index (χ2n) is 5.00. The lowest BCUT2D eigenvalue weighted by Gasteiger charge is -2.07. The zero-order valence-corrected chi connectivity index (χ0v) is 13.0. The summed E-state index contributed by atoms with van der Waals surface area (Å²) in [5, 5.41) is 8.82. The molecule has 0 unspecified atom stereocenters. The molecule has 9 heteroatoms. The summed E-state index contributed by atoms with van der Waals surface area (Å²) in [6.45, 7) is 0.00612. The second-order valence-corrected chi connectivity index (χ2v) is 6.77. The van der Waals surface area contributed by atoms with E-state index in [2.05, 4.69) is 9.71 Å². The molecule has 3 aromatic rings. The second kappa shape index (κ2) is 5.95. The molecule has 0 saturated heterocycles. The van der Waals surface area contributed by atoms with Crippen LogP contribution in [0.25, 0.3) is 11.1 Å². The molecule has 0 saturated carbocycles. The third kappa shape index (κ3) is 3.21. The Hall–Kier alpha value is -2.91. The number of H-pyrrole nitrogens is 1. The number of nitrogens with one attached hydrogen (secondary N) is 2. The molecule has 3 N–H and O–H groups in total. The van der Waals surface area contributed by atoms with Crippen LogP contribution in [0.5, 0.6) is 0 Å². The molecule has 0 aliphatic heterocycles. The maximum atomic E-state index is 12.2. The van der Waals surface area contributed by atoms with E-state index in [4.69, 9.17) is 9.52 Å². The van der Waals surface area contributed by atoms with E-state index in [-0.39, 0.29) is 17.0 Å². The molecule has 0 spiro atoms. The molecular weight excluding hydrogens is 336 g/mol. The van der Waals surface area contributed by atoms with Crippen molar-refractivity contribution in [1.29, 1.82) is 0 Å². The van der Waals surface area contributed by atoms with Crippen LogP contribution in [0.3, 0.4) is 0 Å². The van der Waals surface area contributed by atoms with Crippen molar-refractivity contribution in [3.8, 4) is 0 Å². The summed E-state index contributed by atoms with van der Waals surface area (Å²) in [6, 6.07) is 9.70. The average Bonchev–Trinajstić information content (AvgIpc) is 2.92. The number of hydrogen-bond donors (Lipinski definition) is 3. The quantitative estimate of drug-likeness (QED) is 0.637. The molecule has 3 rings (SSSR count). The van der Waals surface area contributed by atoms with Gasteiger partial charge in [0.05, 0.1) is 16.0 Å². The number of benzene rings is 2. The number of carbonyl (C=O) groups is 1. The number of fused-ring (bicyclic) bond motifs is 1. The van der Waals surface area contributed by atoms with Gasteiger partial charge in [0, 0.05) is 6.54 Å². The molecule has 0 fully saturated rings. The molecule has 0 atom stereocenters. The van der Waals surface area contributed by atoms with Crippen molar-refractivity contribution in [2.24, 2.45) is 0 Å². The first-order chi connectivity index (χ1) is 11.3. The number of aromatic amines is 1. The van der Waals surface area contributed by atoms with Gasteiger partial charge in [0.1, 0.15) is 0 Å². The number of aromatic nitrogens is 1. The SMILES string of the molecule is O=C(O)c1ccc(S(=O)(=O)NCc2ccc3oc(=O)[nH]c3c2)cc1. The van der Waals surface area contributed by atoms with E-state index in [1.807, 2.05) is 0 Å². The summed E-state index contributed by atoms with van der Waals surface area (Å²) in [5.74, 6) is -1.71. The van der Waals surface area contributed by atoms with Gasteiger partial charge in [-0.25, -0.2) is 22.7 Å². The van der Waals surface area contributed by atoms with Crippen molar-refractivity contribution in [2.45, 2.75) is 11.4 Å². The van der Waals surface area contributed by atoms with Crippen LogP contribution in [-0.2, 0) is 16.6 Å². The number of hydrogen-bond acceptors (Lipinski definition) is 5. The third-order valence-electron chi connectivity index (χ3n) is 3.36. The number of rotatable bonds is 5. The fraction of sp³-hybridized carbons (Fsp3) is 0.0667. The van der Waals surface area contributed by atoms with E-state index in [1.165, 1.54) is 24.3 Å². The Morgan fingerprint density at radius 2 is 1.88 bits per heavy atom. The first-order valence-electron chi connectivity index (χ1n) is 6.80. The van der Waals surface area contributed by atoms with Crippen molar-refractivity contribution >= 4 is 27.1 Å². The summed E-state index contributed by atoms with van der Waals surface area (Å²) in [6.07, 6.45) is 0. The van der Waals surface area contributed by atoms with Gasteiger partial charge >= 0.3 is 11.7 Å². The van der Waals surface area contributed by atoms with Crippen LogP contribution in [0.2, 0.25) is 0 Å². The number of oxazole rings is 1. The third-order valence-corrected chi connectivity index (χ3v) is 4.78. The highest BCUT2D eigenvalue weighted by Crippen LogP contribution is 2.14. The van der Waals surface area contributed by atoms with Crippen LogP contribution in [0.1, 0.15) is 15.9 Å². The smallest absolute Gasteiger partial charge is 0.417 e. The number of carboxylic acid groups (broad SMARTS) is 1. The summed E-state index contributed by atoms with van der Waals surface area (Å²) in [7, 11) is -3.79. The minimum absolute atomic E-state index is 0.00307. The highest BCUT2D eigenvalue weighted by Gasteiger charge is 2.15. The number of sulfonamides is 1. The Kier molecular flexibility index (Phi) is 3.96. The molecule has 0 radical (unpaired) electrons. The molecule has 8 nitrogen and oxygen atoms in total. The van der Waals surface area contributed by atoms with Crippen LogP contribution in [0, 0.1) is 0 Å². The predicted octanol–water partition coefficient (Wildman–Crippen LogP) is 1.30. The fourth-order valence-corrected chi connectivity index (χ4v) is 3.17. The predicted molar refractivity (Wildman–Crippen MR) is 84.3 cm³/mol. The van der Waals surface area contributed by atoms with Gasteiger partial charge in [0.2, 0.25) is 10.0 Å². The van der Waals surface area contributed by atoms with Gasteiger partial charge in [0.15, 0.2) is 5.58 Å². The lowest BCUT2D eigenvalue weighted by molar-refractivity contribution is 0.0696. The fourth-order valence-electron chi connectivity index (χ4n) is 2.15. The zero-order valence-electron chi connectivity index (χ0n) is 12.1. The van der Waals surface area contributed by atoms with Gasteiger partial charge in [-0.3, -0.25) is 4.98 Å². The van der Waals surface area contributed by atoms with Gasteiger partial charge in [0.25, 0.3) is 0 Å². The first-order valence-corrected chi connectivity index (χ1v) is 8.28. The van der Waals surface area contributed by atoms with Gasteiger partial charge in [-0.15, -0.1) is 0 Å². The van der Waals surface area contributed by atoms with Crippen LogP contribution < -0.4 is 10.5 Å².